The lowest BCUT2D eigenvalue weighted by atomic mass is 10.1. The van der Waals surface area contributed by atoms with Crippen LogP contribution in [-0.4, -0.2) is 53.2 Å². The molecule has 1 fully saturated rings. The number of rotatable bonds is 2. The summed E-state index contributed by atoms with van der Waals surface area (Å²) >= 11 is 0. The number of hydrogen-bond acceptors (Lipinski definition) is 4. The van der Waals surface area contributed by atoms with Crippen molar-refractivity contribution in [3.63, 3.8) is 0 Å². The van der Waals surface area contributed by atoms with Crippen LogP contribution in [0.2, 0.25) is 0 Å². The van der Waals surface area contributed by atoms with Gasteiger partial charge in [-0.15, -0.1) is 0 Å². The van der Waals surface area contributed by atoms with Gasteiger partial charge in [-0.25, -0.2) is 4.79 Å². The number of amides is 2. The van der Waals surface area contributed by atoms with E-state index in [0.717, 1.165) is 0 Å². The van der Waals surface area contributed by atoms with Crippen molar-refractivity contribution < 1.29 is 10.0 Å². The molecule has 2 rings (SSSR count). The van der Waals surface area contributed by atoms with E-state index in [2.05, 4.69) is 5.32 Å². The largest absolute Gasteiger partial charge is 0.354 e. The van der Waals surface area contributed by atoms with Crippen LogP contribution in [0.5, 0.6) is 0 Å². The number of primary amides is 1. The number of para-hydroxylation sites is 1. The fourth-order valence-corrected chi connectivity index (χ4v) is 2.02. The lowest BCUT2D eigenvalue weighted by Gasteiger charge is -2.33. The molecule has 19 heavy (non-hydrogen) atoms. The molecule has 1 aromatic carbocycles. The maximum Gasteiger partial charge on any atom is 0.316 e. The minimum atomic E-state index is -0.652. The fraction of sp³-hybridized carbons (Fsp3) is 0.333. The molecule has 0 unspecified atom stereocenters. The third kappa shape index (κ3) is 3.21. The van der Waals surface area contributed by atoms with Gasteiger partial charge in [0.1, 0.15) is 5.84 Å². The molecule has 0 bridgehead atoms. The summed E-state index contributed by atoms with van der Waals surface area (Å²) in [6.07, 6.45) is 0. The lowest BCUT2D eigenvalue weighted by molar-refractivity contribution is -0.109. The summed E-state index contributed by atoms with van der Waals surface area (Å²) in [6, 6.07) is 6.39. The van der Waals surface area contributed by atoms with Gasteiger partial charge >= 0.3 is 6.03 Å². The Kier molecular flexibility index (Phi) is 3.98. The second-order valence-corrected chi connectivity index (χ2v) is 4.32. The van der Waals surface area contributed by atoms with Crippen LogP contribution in [0.1, 0.15) is 5.56 Å². The van der Waals surface area contributed by atoms with Crippen LogP contribution in [0.25, 0.3) is 0 Å². The second kappa shape index (κ2) is 5.68. The smallest absolute Gasteiger partial charge is 0.316 e. The first-order chi connectivity index (χ1) is 9.08. The average molecular weight is 263 g/mol. The standard InChI is InChI=1S/C12H17N5O2/c13-11(16-5-7-17(19)8-6-16)9-3-1-2-4-10(9)15-12(14)18/h1-4,13,19H,5-8H2,(H3,14,15,18). The second-order valence-electron chi connectivity index (χ2n) is 4.32. The van der Waals surface area contributed by atoms with Crippen molar-refractivity contribution in [3.05, 3.63) is 29.8 Å². The summed E-state index contributed by atoms with van der Waals surface area (Å²) < 4.78 is 0. The number of piperazine rings is 1. The molecule has 0 saturated carbocycles. The van der Waals surface area contributed by atoms with E-state index >= 15 is 0 Å². The van der Waals surface area contributed by atoms with Gasteiger partial charge in [0.25, 0.3) is 0 Å². The molecule has 0 aromatic heterocycles. The number of carbonyl (C=O) groups excluding carboxylic acids is 1. The average Bonchev–Trinajstić information content (AvgIpc) is 2.39. The van der Waals surface area contributed by atoms with E-state index < -0.39 is 6.03 Å². The first kappa shape index (κ1) is 13.3. The van der Waals surface area contributed by atoms with Crippen molar-refractivity contribution in [2.75, 3.05) is 31.5 Å². The summed E-state index contributed by atoms with van der Waals surface area (Å²) in [4.78, 5) is 12.8. The number of nitrogens with one attached hydrogen (secondary N) is 2. The molecular weight excluding hydrogens is 246 g/mol. The Balaban J connectivity index is 2.16. The molecule has 1 heterocycles. The van der Waals surface area contributed by atoms with E-state index in [1.54, 1.807) is 24.3 Å². The molecule has 5 N–H and O–H groups in total. The molecule has 1 aromatic rings. The van der Waals surface area contributed by atoms with Gasteiger partial charge in [-0.2, -0.15) is 5.06 Å². The molecular formula is C12H17N5O2. The molecule has 0 aliphatic carbocycles. The topological polar surface area (TPSA) is 106 Å². The first-order valence-electron chi connectivity index (χ1n) is 6.01. The molecule has 1 aliphatic heterocycles. The third-order valence-corrected chi connectivity index (χ3v) is 3.01. The lowest BCUT2D eigenvalue weighted by Crippen LogP contribution is -2.47. The highest BCUT2D eigenvalue weighted by Crippen LogP contribution is 2.17. The van der Waals surface area contributed by atoms with Gasteiger partial charge in [0.15, 0.2) is 0 Å². The zero-order chi connectivity index (χ0) is 13.8. The van der Waals surface area contributed by atoms with Crippen molar-refractivity contribution in [2.24, 2.45) is 5.73 Å². The molecule has 0 atom stereocenters. The highest BCUT2D eigenvalue weighted by Gasteiger charge is 2.20. The zero-order valence-electron chi connectivity index (χ0n) is 10.5. The minimum absolute atomic E-state index is 0.317. The summed E-state index contributed by atoms with van der Waals surface area (Å²) in [6.45, 7) is 2.13. The van der Waals surface area contributed by atoms with E-state index in [0.29, 0.717) is 43.3 Å². The maximum absolute atomic E-state index is 11.0. The Hall–Kier alpha value is -2.12. The summed E-state index contributed by atoms with van der Waals surface area (Å²) in [5.74, 6) is 0.317. The van der Waals surface area contributed by atoms with Crippen LogP contribution in [0.15, 0.2) is 24.3 Å². The van der Waals surface area contributed by atoms with E-state index in [4.69, 9.17) is 11.1 Å². The maximum atomic E-state index is 11.0. The van der Waals surface area contributed by atoms with Gasteiger partial charge in [0, 0.05) is 31.7 Å². The van der Waals surface area contributed by atoms with E-state index in [-0.39, 0.29) is 0 Å². The molecule has 1 aliphatic rings. The summed E-state index contributed by atoms with van der Waals surface area (Å²) in [5.41, 5.74) is 6.25. The van der Waals surface area contributed by atoms with Gasteiger partial charge in [-0.3, -0.25) is 5.41 Å². The Morgan fingerprint density at radius 3 is 2.53 bits per heavy atom. The van der Waals surface area contributed by atoms with Gasteiger partial charge in [0.2, 0.25) is 0 Å². The van der Waals surface area contributed by atoms with Crippen molar-refractivity contribution in [1.29, 1.82) is 5.41 Å². The van der Waals surface area contributed by atoms with Crippen LogP contribution < -0.4 is 11.1 Å². The van der Waals surface area contributed by atoms with Crippen LogP contribution >= 0.6 is 0 Å². The Bertz CT molecular complexity index is 483. The normalized spacial score (nSPS) is 16.2. The Morgan fingerprint density at radius 1 is 1.26 bits per heavy atom. The summed E-state index contributed by atoms with van der Waals surface area (Å²) in [7, 11) is 0. The predicted molar refractivity (Wildman–Crippen MR) is 71.4 cm³/mol. The number of hydroxylamine groups is 2. The van der Waals surface area contributed by atoms with Crippen molar-refractivity contribution in [1.82, 2.24) is 9.96 Å². The third-order valence-electron chi connectivity index (χ3n) is 3.01. The number of anilines is 1. The van der Waals surface area contributed by atoms with Crippen LogP contribution in [-0.2, 0) is 0 Å². The highest BCUT2D eigenvalue weighted by atomic mass is 16.5. The molecule has 2 amide bonds. The van der Waals surface area contributed by atoms with Crippen LogP contribution in [0, 0.1) is 5.41 Å². The van der Waals surface area contributed by atoms with E-state index in [1.807, 2.05) is 4.90 Å². The Labute approximate surface area is 111 Å². The number of amidine groups is 1. The van der Waals surface area contributed by atoms with Gasteiger partial charge in [0.05, 0.1) is 5.69 Å². The monoisotopic (exact) mass is 263 g/mol. The van der Waals surface area contributed by atoms with Crippen molar-refractivity contribution in [3.8, 4) is 0 Å². The Morgan fingerprint density at radius 2 is 1.89 bits per heavy atom. The molecule has 0 radical (unpaired) electrons. The first-order valence-corrected chi connectivity index (χ1v) is 6.01. The molecule has 7 nitrogen and oxygen atoms in total. The van der Waals surface area contributed by atoms with Gasteiger partial charge in [-0.05, 0) is 12.1 Å². The van der Waals surface area contributed by atoms with Crippen LogP contribution in [0.4, 0.5) is 10.5 Å². The zero-order valence-corrected chi connectivity index (χ0v) is 10.5. The predicted octanol–water partition coefficient (Wildman–Crippen LogP) is 0.509. The molecule has 7 heteroatoms. The summed E-state index contributed by atoms with van der Waals surface area (Å²) in [5, 5.41) is 21.3. The van der Waals surface area contributed by atoms with Gasteiger partial charge < -0.3 is 21.2 Å². The molecule has 0 spiro atoms. The highest BCUT2D eigenvalue weighted by molar-refractivity contribution is 6.04. The van der Waals surface area contributed by atoms with Crippen molar-refractivity contribution in [2.45, 2.75) is 0 Å². The van der Waals surface area contributed by atoms with E-state index in [9.17, 15) is 10.0 Å². The van der Waals surface area contributed by atoms with Crippen LogP contribution in [0.3, 0.4) is 0 Å². The number of nitrogens with two attached hydrogens (primary N) is 1. The number of carbonyl (C=O) groups is 1. The molecule has 102 valence electrons. The fourth-order valence-electron chi connectivity index (χ4n) is 2.02. The quantitative estimate of drug-likeness (QED) is 0.461. The van der Waals surface area contributed by atoms with E-state index in [1.165, 1.54) is 5.06 Å². The minimum Gasteiger partial charge on any atom is -0.354 e. The number of urea groups is 1. The van der Waals surface area contributed by atoms with Crippen molar-refractivity contribution >= 4 is 17.6 Å². The number of hydrogen-bond donors (Lipinski definition) is 4. The number of benzene rings is 1. The molecule has 1 saturated heterocycles. The SMILES string of the molecule is N=C(c1ccccc1NC(N)=O)N1CCN(O)CC1. The number of nitrogens with zero attached hydrogens (tertiary/aromatic N) is 2. The van der Waals surface area contributed by atoms with Gasteiger partial charge in [-0.1, -0.05) is 12.1 Å².